The van der Waals surface area contributed by atoms with Crippen molar-refractivity contribution in [2.75, 3.05) is 0 Å². The third kappa shape index (κ3) is 4.79. The van der Waals surface area contributed by atoms with Crippen molar-refractivity contribution in [3.63, 3.8) is 0 Å². The zero-order chi connectivity index (χ0) is 17.7. The number of rotatable bonds is 5. The average molecular weight is 366 g/mol. The molecule has 24 heavy (non-hydrogen) atoms. The Hall–Kier alpha value is -1.92. The smallest absolute Gasteiger partial charge is 0.271 e. The average Bonchev–Trinajstić information content (AvgIpc) is 2.93. The molecular weight excluding hydrogens is 346 g/mol. The van der Waals surface area contributed by atoms with Crippen molar-refractivity contribution in [3.8, 4) is 0 Å². The first kappa shape index (κ1) is 18.4. The molecular formula is C17H20ClN3O2S. The minimum atomic E-state index is -0.627. The molecule has 2 amide bonds. The van der Waals surface area contributed by atoms with E-state index in [9.17, 15) is 9.59 Å². The molecule has 1 aromatic carbocycles. The van der Waals surface area contributed by atoms with E-state index in [2.05, 4.69) is 10.3 Å². The fourth-order valence-corrected chi connectivity index (χ4v) is 3.14. The van der Waals surface area contributed by atoms with Crippen LogP contribution >= 0.6 is 22.9 Å². The number of hydrogen-bond acceptors (Lipinski definition) is 3. The fraction of sp³-hybridized carbons (Fsp3) is 0.353. The summed E-state index contributed by atoms with van der Waals surface area (Å²) in [5.41, 5.74) is 0.953. The van der Waals surface area contributed by atoms with Gasteiger partial charge in [-0.1, -0.05) is 43.6 Å². The zero-order valence-corrected chi connectivity index (χ0v) is 15.4. The molecule has 0 saturated heterocycles. The molecule has 1 atom stereocenters. The molecule has 1 aromatic heterocycles. The van der Waals surface area contributed by atoms with Crippen molar-refractivity contribution in [2.24, 2.45) is 10.9 Å². The predicted octanol–water partition coefficient (Wildman–Crippen LogP) is 2.84. The summed E-state index contributed by atoms with van der Waals surface area (Å²) in [5, 5.41) is 5.20. The maximum Gasteiger partial charge on any atom is 0.271 e. The van der Waals surface area contributed by atoms with Crippen LogP contribution in [0.25, 0.3) is 0 Å². The molecule has 128 valence electrons. The third-order valence-electron chi connectivity index (χ3n) is 3.46. The summed E-state index contributed by atoms with van der Waals surface area (Å²) < 4.78 is 1.87. The van der Waals surface area contributed by atoms with Crippen LogP contribution < -0.4 is 10.1 Å². The Bertz CT molecular complexity index is 795. The third-order valence-corrected chi connectivity index (χ3v) is 4.62. The lowest BCUT2D eigenvalue weighted by Crippen LogP contribution is -2.43. The molecule has 2 rings (SSSR count). The quantitative estimate of drug-likeness (QED) is 0.885. The number of aromatic nitrogens is 1. The van der Waals surface area contributed by atoms with Gasteiger partial charge in [0.2, 0.25) is 5.91 Å². The molecule has 0 spiro atoms. The topological polar surface area (TPSA) is 63.5 Å². The second-order valence-corrected chi connectivity index (χ2v) is 7.06. The van der Waals surface area contributed by atoms with Crippen LogP contribution in [0.15, 0.2) is 40.8 Å². The number of halogens is 1. The van der Waals surface area contributed by atoms with Crippen LogP contribution in [0.5, 0.6) is 0 Å². The molecule has 1 unspecified atom stereocenters. The SMILES string of the molecule is CC(=O)NC(C(=O)N=c1sccn1Cc1ccccc1Cl)C(C)C. The molecule has 0 aliphatic rings. The van der Waals surface area contributed by atoms with Gasteiger partial charge in [0.25, 0.3) is 5.91 Å². The van der Waals surface area contributed by atoms with Gasteiger partial charge in [0, 0.05) is 23.5 Å². The summed E-state index contributed by atoms with van der Waals surface area (Å²) in [6.45, 7) is 5.67. The Kier molecular flexibility index (Phi) is 6.34. The zero-order valence-electron chi connectivity index (χ0n) is 13.8. The van der Waals surface area contributed by atoms with Crippen molar-refractivity contribution in [1.82, 2.24) is 9.88 Å². The first-order chi connectivity index (χ1) is 11.4. The summed E-state index contributed by atoms with van der Waals surface area (Å²) in [6.07, 6.45) is 1.86. The van der Waals surface area contributed by atoms with E-state index in [1.807, 2.05) is 54.3 Å². The normalized spacial score (nSPS) is 13.1. The highest BCUT2D eigenvalue weighted by molar-refractivity contribution is 7.07. The van der Waals surface area contributed by atoms with Crippen molar-refractivity contribution < 1.29 is 9.59 Å². The lowest BCUT2D eigenvalue weighted by molar-refractivity contribution is -0.127. The lowest BCUT2D eigenvalue weighted by atomic mass is 10.0. The van der Waals surface area contributed by atoms with Gasteiger partial charge in [0.1, 0.15) is 6.04 Å². The fourth-order valence-electron chi connectivity index (χ4n) is 2.21. The largest absolute Gasteiger partial charge is 0.344 e. The van der Waals surface area contributed by atoms with Crippen LogP contribution in [-0.4, -0.2) is 22.4 Å². The maximum absolute atomic E-state index is 12.4. The highest BCUT2D eigenvalue weighted by Crippen LogP contribution is 2.15. The summed E-state index contributed by atoms with van der Waals surface area (Å²) in [5.74, 6) is -0.634. The monoisotopic (exact) mass is 365 g/mol. The molecule has 0 fully saturated rings. The maximum atomic E-state index is 12.4. The van der Waals surface area contributed by atoms with Crippen molar-refractivity contribution >= 4 is 34.8 Å². The number of thiazole rings is 1. The minimum Gasteiger partial charge on any atom is -0.344 e. The molecule has 0 radical (unpaired) electrons. The lowest BCUT2D eigenvalue weighted by Gasteiger charge is -2.17. The van der Waals surface area contributed by atoms with Crippen molar-refractivity contribution in [3.05, 3.63) is 51.2 Å². The number of carbonyl (C=O) groups is 2. The van der Waals surface area contributed by atoms with Gasteiger partial charge in [-0.3, -0.25) is 9.59 Å². The molecule has 0 saturated carbocycles. The molecule has 0 bridgehead atoms. The Morgan fingerprint density at radius 1 is 1.33 bits per heavy atom. The Balaban J connectivity index is 2.28. The molecule has 7 heteroatoms. The summed E-state index contributed by atoms with van der Waals surface area (Å²) >= 11 is 7.56. The van der Waals surface area contributed by atoms with Crippen LogP contribution in [0.4, 0.5) is 0 Å². The van der Waals surface area contributed by atoms with Crippen LogP contribution in [0.1, 0.15) is 26.3 Å². The van der Waals surface area contributed by atoms with E-state index in [0.717, 1.165) is 5.56 Å². The van der Waals surface area contributed by atoms with E-state index in [1.54, 1.807) is 0 Å². The second-order valence-electron chi connectivity index (χ2n) is 5.78. The van der Waals surface area contributed by atoms with Crippen LogP contribution in [0.3, 0.4) is 0 Å². The van der Waals surface area contributed by atoms with Crippen molar-refractivity contribution in [2.45, 2.75) is 33.4 Å². The van der Waals surface area contributed by atoms with E-state index >= 15 is 0 Å². The minimum absolute atomic E-state index is 0.0397. The van der Waals surface area contributed by atoms with Gasteiger partial charge < -0.3 is 9.88 Å². The van der Waals surface area contributed by atoms with Gasteiger partial charge in [-0.2, -0.15) is 4.99 Å². The van der Waals surface area contributed by atoms with Gasteiger partial charge in [0.15, 0.2) is 4.80 Å². The van der Waals surface area contributed by atoms with Gasteiger partial charge in [-0.25, -0.2) is 0 Å². The number of nitrogens with one attached hydrogen (secondary N) is 1. The van der Waals surface area contributed by atoms with Gasteiger partial charge in [-0.15, -0.1) is 11.3 Å². The first-order valence-corrected chi connectivity index (χ1v) is 8.87. The van der Waals surface area contributed by atoms with E-state index in [0.29, 0.717) is 16.4 Å². The number of carbonyl (C=O) groups excluding carboxylic acids is 2. The summed E-state index contributed by atoms with van der Waals surface area (Å²) in [7, 11) is 0. The molecule has 0 aliphatic heterocycles. The number of hydrogen-bond donors (Lipinski definition) is 1. The Morgan fingerprint density at radius 2 is 2.04 bits per heavy atom. The predicted molar refractivity (Wildman–Crippen MR) is 95.9 cm³/mol. The summed E-state index contributed by atoms with van der Waals surface area (Å²) in [4.78, 5) is 28.5. The molecule has 1 heterocycles. The standard InChI is InChI=1S/C17H20ClN3O2S/c1-11(2)15(19-12(3)22)16(23)20-17-21(8-9-24-17)10-13-6-4-5-7-14(13)18/h4-9,11,15H,10H2,1-3H3,(H,19,22). The Morgan fingerprint density at radius 3 is 2.67 bits per heavy atom. The molecule has 2 aromatic rings. The first-order valence-electron chi connectivity index (χ1n) is 7.61. The number of benzene rings is 1. The van der Waals surface area contributed by atoms with Crippen LogP contribution in [-0.2, 0) is 16.1 Å². The summed E-state index contributed by atoms with van der Waals surface area (Å²) in [6, 6.07) is 6.93. The van der Waals surface area contributed by atoms with E-state index in [1.165, 1.54) is 18.3 Å². The van der Waals surface area contributed by atoms with Crippen molar-refractivity contribution in [1.29, 1.82) is 0 Å². The second kappa shape index (κ2) is 8.26. The van der Waals surface area contributed by atoms with E-state index in [-0.39, 0.29) is 17.7 Å². The van der Waals surface area contributed by atoms with Gasteiger partial charge >= 0.3 is 0 Å². The number of amides is 2. The molecule has 5 nitrogen and oxygen atoms in total. The van der Waals surface area contributed by atoms with Crippen LogP contribution in [0.2, 0.25) is 5.02 Å². The molecule has 0 aliphatic carbocycles. The molecule has 1 N–H and O–H groups in total. The Labute approximate surface area is 150 Å². The number of nitrogens with zero attached hydrogens (tertiary/aromatic N) is 2. The highest BCUT2D eigenvalue weighted by Gasteiger charge is 2.22. The van der Waals surface area contributed by atoms with Gasteiger partial charge in [0.05, 0.1) is 6.54 Å². The van der Waals surface area contributed by atoms with Crippen LogP contribution in [0, 0.1) is 5.92 Å². The highest BCUT2D eigenvalue weighted by atomic mass is 35.5. The van der Waals surface area contributed by atoms with Gasteiger partial charge in [-0.05, 0) is 17.5 Å². The van der Waals surface area contributed by atoms with E-state index < -0.39 is 6.04 Å². The van der Waals surface area contributed by atoms with E-state index in [4.69, 9.17) is 11.6 Å².